The summed E-state index contributed by atoms with van der Waals surface area (Å²) in [7, 11) is 0. The fraction of sp³-hybridized carbons (Fsp3) is 0.100. The lowest BCUT2D eigenvalue weighted by atomic mass is 10.2. The predicted molar refractivity (Wildman–Crippen MR) is 112 cm³/mol. The van der Waals surface area contributed by atoms with Crippen LogP contribution in [-0.4, -0.2) is 23.0 Å². The molecular formula is C20H17ClN4O2S. The molecule has 0 aliphatic heterocycles. The SMILES string of the molecule is Cc1csc(CC(=O)NN=Cc2cccc(NC(=O)c3ccccc3Cl)c2)n1. The Morgan fingerprint density at radius 1 is 1.21 bits per heavy atom. The van der Waals surface area contributed by atoms with Crippen molar-refractivity contribution in [2.24, 2.45) is 5.10 Å². The van der Waals surface area contributed by atoms with Gasteiger partial charge in [-0.15, -0.1) is 11.3 Å². The molecule has 6 nitrogen and oxygen atoms in total. The minimum atomic E-state index is -0.299. The fourth-order valence-electron chi connectivity index (χ4n) is 2.38. The van der Waals surface area contributed by atoms with Crippen molar-refractivity contribution in [2.75, 3.05) is 5.32 Å². The van der Waals surface area contributed by atoms with Gasteiger partial charge in [-0.1, -0.05) is 35.9 Å². The van der Waals surface area contributed by atoms with Crippen LogP contribution in [0.25, 0.3) is 0 Å². The first-order valence-electron chi connectivity index (χ1n) is 8.40. The lowest BCUT2D eigenvalue weighted by molar-refractivity contribution is -0.120. The molecule has 0 fully saturated rings. The van der Waals surface area contributed by atoms with Crippen molar-refractivity contribution >= 4 is 46.7 Å². The highest BCUT2D eigenvalue weighted by Crippen LogP contribution is 2.17. The normalized spacial score (nSPS) is 10.8. The standard InChI is InChI=1S/C20H17ClN4O2S/c1-13-12-28-19(23-13)10-18(26)25-22-11-14-5-4-6-15(9-14)24-20(27)16-7-2-3-8-17(16)21/h2-9,11-12H,10H2,1H3,(H,24,27)(H,25,26). The topological polar surface area (TPSA) is 83.5 Å². The Bertz CT molecular complexity index is 1030. The lowest BCUT2D eigenvalue weighted by Gasteiger charge is -2.07. The summed E-state index contributed by atoms with van der Waals surface area (Å²) in [4.78, 5) is 28.5. The fourth-order valence-corrected chi connectivity index (χ4v) is 3.37. The molecule has 142 valence electrons. The maximum absolute atomic E-state index is 12.3. The molecule has 0 saturated heterocycles. The van der Waals surface area contributed by atoms with Gasteiger partial charge < -0.3 is 5.32 Å². The molecule has 3 aromatic rings. The van der Waals surface area contributed by atoms with E-state index >= 15 is 0 Å². The van der Waals surface area contributed by atoms with Crippen molar-refractivity contribution in [1.82, 2.24) is 10.4 Å². The van der Waals surface area contributed by atoms with Crippen LogP contribution in [0.1, 0.15) is 26.6 Å². The van der Waals surface area contributed by atoms with Crippen molar-refractivity contribution in [3.05, 3.63) is 80.8 Å². The van der Waals surface area contributed by atoms with Gasteiger partial charge in [0.1, 0.15) is 5.01 Å². The van der Waals surface area contributed by atoms with E-state index in [-0.39, 0.29) is 18.2 Å². The summed E-state index contributed by atoms with van der Waals surface area (Å²) >= 11 is 7.49. The molecule has 2 aromatic carbocycles. The van der Waals surface area contributed by atoms with Crippen molar-refractivity contribution in [3.8, 4) is 0 Å². The van der Waals surface area contributed by atoms with Gasteiger partial charge in [0.05, 0.1) is 23.2 Å². The summed E-state index contributed by atoms with van der Waals surface area (Å²) < 4.78 is 0. The molecule has 2 amide bonds. The Labute approximate surface area is 171 Å². The second kappa shape index (κ2) is 9.25. The number of halogens is 1. The van der Waals surface area contributed by atoms with E-state index in [1.165, 1.54) is 17.6 Å². The Morgan fingerprint density at radius 3 is 2.79 bits per heavy atom. The van der Waals surface area contributed by atoms with Crippen molar-refractivity contribution in [1.29, 1.82) is 0 Å². The van der Waals surface area contributed by atoms with E-state index in [0.29, 0.717) is 16.3 Å². The molecule has 0 aliphatic carbocycles. The average molecular weight is 413 g/mol. The van der Waals surface area contributed by atoms with Crippen molar-refractivity contribution in [2.45, 2.75) is 13.3 Å². The van der Waals surface area contributed by atoms with Crippen molar-refractivity contribution < 1.29 is 9.59 Å². The van der Waals surface area contributed by atoms with E-state index in [4.69, 9.17) is 11.6 Å². The second-order valence-electron chi connectivity index (χ2n) is 5.91. The Balaban J connectivity index is 1.58. The zero-order valence-corrected chi connectivity index (χ0v) is 16.6. The monoisotopic (exact) mass is 412 g/mol. The highest BCUT2D eigenvalue weighted by atomic mass is 35.5. The Kier molecular flexibility index (Phi) is 6.52. The first-order chi connectivity index (χ1) is 13.5. The summed E-state index contributed by atoms with van der Waals surface area (Å²) in [6.45, 7) is 1.88. The summed E-state index contributed by atoms with van der Waals surface area (Å²) in [5.74, 6) is -0.541. The van der Waals surface area contributed by atoms with E-state index in [9.17, 15) is 9.59 Å². The molecule has 0 radical (unpaired) electrons. The molecule has 0 aliphatic rings. The number of nitrogens with zero attached hydrogens (tertiary/aromatic N) is 2. The van der Waals surface area contributed by atoms with Crippen LogP contribution >= 0.6 is 22.9 Å². The van der Waals surface area contributed by atoms with Crippen LogP contribution in [0.3, 0.4) is 0 Å². The van der Waals surface area contributed by atoms with Crippen molar-refractivity contribution in [3.63, 3.8) is 0 Å². The van der Waals surface area contributed by atoms with E-state index in [1.54, 1.807) is 42.5 Å². The van der Waals surface area contributed by atoms with Crippen LogP contribution in [0.2, 0.25) is 5.02 Å². The summed E-state index contributed by atoms with van der Waals surface area (Å²) in [6, 6.07) is 13.9. The van der Waals surface area contributed by atoms with Crippen LogP contribution in [-0.2, 0) is 11.2 Å². The third-order valence-corrected chi connectivity index (χ3v) is 4.94. The minimum Gasteiger partial charge on any atom is -0.322 e. The number of carbonyl (C=O) groups is 2. The number of thiazole rings is 1. The molecule has 1 aromatic heterocycles. The van der Waals surface area contributed by atoms with E-state index in [0.717, 1.165) is 16.3 Å². The van der Waals surface area contributed by atoms with Gasteiger partial charge in [0.25, 0.3) is 5.91 Å². The number of hydrogen-bond acceptors (Lipinski definition) is 5. The number of hydrogen-bond donors (Lipinski definition) is 2. The Morgan fingerprint density at radius 2 is 2.04 bits per heavy atom. The number of rotatable bonds is 6. The molecular weight excluding hydrogens is 396 g/mol. The number of aryl methyl sites for hydroxylation is 1. The summed E-state index contributed by atoms with van der Waals surface area (Å²) in [5, 5.41) is 9.78. The van der Waals surface area contributed by atoms with Crippen LogP contribution in [0.4, 0.5) is 5.69 Å². The van der Waals surface area contributed by atoms with Gasteiger partial charge in [-0.2, -0.15) is 5.10 Å². The third-order valence-electron chi connectivity index (χ3n) is 3.64. The maximum Gasteiger partial charge on any atom is 0.257 e. The molecule has 0 unspecified atom stereocenters. The van der Waals surface area contributed by atoms with Gasteiger partial charge >= 0.3 is 0 Å². The maximum atomic E-state index is 12.3. The number of hydrazone groups is 1. The number of anilines is 1. The molecule has 1 heterocycles. The number of aromatic nitrogens is 1. The molecule has 3 rings (SSSR count). The van der Waals surface area contributed by atoms with E-state index in [1.807, 2.05) is 18.4 Å². The summed E-state index contributed by atoms with van der Waals surface area (Å²) in [6.07, 6.45) is 1.69. The van der Waals surface area contributed by atoms with Crippen LogP contribution in [0.5, 0.6) is 0 Å². The molecule has 0 spiro atoms. The van der Waals surface area contributed by atoms with Gasteiger partial charge in [0.2, 0.25) is 5.91 Å². The minimum absolute atomic E-state index is 0.184. The molecule has 8 heteroatoms. The third kappa shape index (κ3) is 5.48. The number of amides is 2. The number of carbonyl (C=O) groups excluding carboxylic acids is 2. The summed E-state index contributed by atoms with van der Waals surface area (Å²) in [5.41, 5.74) is 5.09. The number of benzene rings is 2. The zero-order chi connectivity index (χ0) is 19.9. The highest BCUT2D eigenvalue weighted by molar-refractivity contribution is 7.09. The van der Waals surface area contributed by atoms with E-state index in [2.05, 4.69) is 20.8 Å². The van der Waals surface area contributed by atoms with Gasteiger partial charge in [0.15, 0.2) is 0 Å². The average Bonchev–Trinajstić information content (AvgIpc) is 3.07. The molecule has 2 N–H and O–H groups in total. The molecule has 0 bridgehead atoms. The lowest BCUT2D eigenvalue weighted by Crippen LogP contribution is -2.19. The van der Waals surface area contributed by atoms with Gasteiger partial charge in [-0.05, 0) is 36.8 Å². The van der Waals surface area contributed by atoms with E-state index < -0.39 is 0 Å². The van der Waals surface area contributed by atoms with Gasteiger partial charge in [-0.3, -0.25) is 9.59 Å². The van der Waals surface area contributed by atoms with Gasteiger partial charge in [-0.25, -0.2) is 10.4 Å². The second-order valence-corrected chi connectivity index (χ2v) is 7.26. The highest BCUT2D eigenvalue weighted by Gasteiger charge is 2.10. The Hall–Kier alpha value is -3.03. The van der Waals surface area contributed by atoms with Gasteiger partial charge in [0, 0.05) is 16.8 Å². The first-order valence-corrected chi connectivity index (χ1v) is 9.66. The quantitative estimate of drug-likeness (QED) is 0.473. The molecule has 0 atom stereocenters. The smallest absolute Gasteiger partial charge is 0.257 e. The first kappa shape index (κ1) is 19.7. The van der Waals surface area contributed by atoms with Crippen LogP contribution in [0, 0.1) is 6.92 Å². The van der Waals surface area contributed by atoms with Crippen LogP contribution in [0.15, 0.2) is 59.0 Å². The number of nitrogens with one attached hydrogen (secondary N) is 2. The zero-order valence-electron chi connectivity index (χ0n) is 15.0. The predicted octanol–water partition coefficient (Wildman–Crippen LogP) is 4.05. The van der Waals surface area contributed by atoms with Crippen LogP contribution < -0.4 is 10.7 Å². The largest absolute Gasteiger partial charge is 0.322 e. The molecule has 0 saturated carbocycles. The molecule has 28 heavy (non-hydrogen) atoms.